The summed E-state index contributed by atoms with van der Waals surface area (Å²) >= 11 is 3.23. The van der Waals surface area contributed by atoms with Crippen molar-refractivity contribution in [1.82, 2.24) is 14.7 Å². The molecule has 2 rings (SSSR count). The van der Waals surface area contributed by atoms with Gasteiger partial charge in [0, 0.05) is 42.6 Å². The summed E-state index contributed by atoms with van der Waals surface area (Å²) in [4.78, 5) is 8.30. The molecule has 6 nitrogen and oxygen atoms in total. The average Bonchev–Trinajstić information content (AvgIpc) is 2.48. The van der Waals surface area contributed by atoms with Gasteiger partial charge in [-0.15, -0.1) is 0 Å². The molecule has 0 aliphatic carbocycles. The lowest BCUT2D eigenvalue weighted by molar-refractivity contribution is 0.581. The highest BCUT2D eigenvalue weighted by molar-refractivity contribution is 9.10. The molecule has 2 aromatic rings. The van der Waals surface area contributed by atoms with Crippen molar-refractivity contribution in [2.75, 3.05) is 18.9 Å². The summed E-state index contributed by atoms with van der Waals surface area (Å²) in [6.07, 6.45) is 3.75. The fourth-order valence-electron chi connectivity index (χ4n) is 1.75. The Labute approximate surface area is 132 Å². The summed E-state index contributed by atoms with van der Waals surface area (Å²) in [6.45, 7) is 0.273. The maximum Gasteiger partial charge on any atom is 0.244 e. The van der Waals surface area contributed by atoms with E-state index >= 15 is 0 Å². The molecule has 2 N–H and O–H groups in total. The van der Waals surface area contributed by atoms with Crippen molar-refractivity contribution in [3.63, 3.8) is 0 Å². The summed E-state index contributed by atoms with van der Waals surface area (Å²) in [5.41, 5.74) is 0.835. The Morgan fingerprint density at radius 1 is 1.29 bits per heavy atom. The minimum atomic E-state index is -3.63. The zero-order valence-electron chi connectivity index (χ0n) is 11.4. The van der Waals surface area contributed by atoms with Crippen LogP contribution in [0.3, 0.4) is 0 Å². The van der Waals surface area contributed by atoms with Crippen LogP contribution < -0.4 is 10.0 Å². The van der Waals surface area contributed by atoms with Crippen molar-refractivity contribution in [3.8, 4) is 0 Å². The summed E-state index contributed by atoms with van der Waals surface area (Å²) in [5.74, 6) is 0.309. The molecule has 2 heterocycles. The van der Waals surface area contributed by atoms with Crippen LogP contribution in [0, 0.1) is 0 Å². The molecule has 0 fully saturated rings. The number of rotatable bonds is 6. The number of halogens is 1. The lowest BCUT2D eigenvalue weighted by atomic mass is 10.3. The van der Waals surface area contributed by atoms with Gasteiger partial charge >= 0.3 is 0 Å². The molecule has 0 saturated heterocycles. The van der Waals surface area contributed by atoms with Gasteiger partial charge in [-0.05, 0) is 34.1 Å². The van der Waals surface area contributed by atoms with Crippen LogP contribution in [-0.2, 0) is 16.4 Å². The first-order valence-electron chi connectivity index (χ1n) is 6.26. The van der Waals surface area contributed by atoms with Gasteiger partial charge in [-0.1, -0.05) is 6.07 Å². The Hall–Kier alpha value is -1.51. The van der Waals surface area contributed by atoms with Crippen LogP contribution in [-0.4, -0.2) is 32.0 Å². The number of nitrogens with one attached hydrogen (secondary N) is 2. The first-order valence-corrected chi connectivity index (χ1v) is 8.53. The van der Waals surface area contributed by atoms with E-state index in [9.17, 15) is 8.42 Å². The van der Waals surface area contributed by atoms with Crippen LogP contribution in [0.4, 0.5) is 5.82 Å². The van der Waals surface area contributed by atoms with Crippen LogP contribution in [0.25, 0.3) is 0 Å². The quantitative estimate of drug-likeness (QED) is 0.809. The monoisotopic (exact) mass is 370 g/mol. The third-order valence-electron chi connectivity index (χ3n) is 2.75. The second kappa shape index (κ2) is 6.97. The second-order valence-electron chi connectivity index (χ2n) is 4.22. The van der Waals surface area contributed by atoms with Gasteiger partial charge in [0.1, 0.15) is 10.7 Å². The van der Waals surface area contributed by atoms with E-state index in [4.69, 9.17) is 0 Å². The minimum absolute atomic E-state index is 0.111. The zero-order chi connectivity index (χ0) is 15.3. The SMILES string of the molecule is CNc1ncc(Br)cc1S(=O)(=O)NCCc1ccccn1. The Kier molecular flexibility index (Phi) is 5.27. The fourth-order valence-corrected chi connectivity index (χ4v) is 3.45. The predicted molar refractivity (Wildman–Crippen MR) is 84.6 cm³/mol. The minimum Gasteiger partial charge on any atom is -0.372 e. The highest BCUT2D eigenvalue weighted by Gasteiger charge is 2.19. The summed E-state index contributed by atoms with van der Waals surface area (Å²) in [5, 5.41) is 2.77. The number of pyridine rings is 2. The molecule has 0 atom stereocenters. The van der Waals surface area contributed by atoms with E-state index in [0.29, 0.717) is 16.7 Å². The lowest BCUT2D eigenvalue weighted by Gasteiger charge is -2.10. The fraction of sp³-hybridized carbons (Fsp3) is 0.231. The van der Waals surface area contributed by atoms with Gasteiger partial charge in [0.2, 0.25) is 10.0 Å². The Morgan fingerprint density at radius 2 is 2.10 bits per heavy atom. The van der Waals surface area contributed by atoms with E-state index < -0.39 is 10.0 Å². The van der Waals surface area contributed by atoms with Gasteiger partial charge in [-0.25, -0.2) is 18.1 Å². The van der Waals surface area contributed by atoms with Crippen LogP contribution in [0.2, 0.25) is 0 Å². The van der Waals surface area contributed by atoms with Gasteiger partial charge in [-0.2, -0.15) is 0 Å². The van der Waals surface area contributed by atoms with Gasteiger partial charge in [0.25, 0.3) is 0 Å². The van der Waals surface area contributed by atoms with Crippen molar-refractivity contribution in [2.45, 2.75) is 11.3 Å². The Balaban J connectivity index is 2.10. The number of anilines is 1. The number of hydrogen-bond acceptors (Lipinski definition) is 5. The van der Waals surface area contributed by atoms with Gasteiger partial charge in [-0.3, -0.25) is 4.98 Å². The third-order valence-corrected chi connectivity index (χ3v) is 4.65. The van der Waals surface area contributed by atoms with Crippen LogP contribution >= 0.6 is 15.9 Å². The topological polar surface area (TPSA) is 84.0 Å². The third kappa shape index (κ3) is 4.23. The molecule has 0 amide bonds. The molecule has 112 valence electrons. The van der Waals surface area contributed by atoms with E-state index in [1.54, 1.807) is 19.4 Å². The average molecular weight is 371 g/mol. The Morgan fingerprint density at radius 3 is 2.76 bits per heavy atom. The molecule has 0 radical (unpaired) electrons. The molecule has 0 bridgehead atoms. The van der Waals surface area contributed by atoms with Gasteiger partial charge < -0.3 is 5.32 Å². The van der Waals surface area contributed by atoms with Crippen molar-refractivity contribution in [1.29, 1.82) is 0 Å². The largest absolute Gasteiger partial charge is 0.372 e. The maximum atomic E-state index is 12.3. The normalized spacial score (nSPS) is 11.3. The maximum absolute atomic E-state index is 12.3. The number of hydrogen-bond donors (Lipinski definition) is 2. The number of nitrogens with zero attached hydrogens (tertiary/aromatic N) is 2. The van der Waals surface area contributed by atoms with Crippen molar-refractivity contribution < 1.29 is 8.42 Å². The smallest absolute Gasteiger partial charge is 0.244 e. The van der Waals surface area contributed by atoms with E-state index in [-0.39, 0.29) is 11.4 Å². The first kappa shape index (κ1) is 15.9. The molecular weight excluding hydrogens is 356 g/mol. The summed E-state index contributed by atoms with van der Waals surface area (Å²) < 4.78 is 27.8. The molecule has 0 spiro atoms. The highest BCUT2D eigenvalue weighted by Crippen LogP contribution is 2.22. The first-order chi connectivity index (χ1) is 10.0. The van der Waals surface area contributed by atoms with E-state index in [1.165, 1.54) is 6.07 Å². The molecule has 8 heteroatoms. The molecule has 0 aliphatic heterocycles. The number of sulfonamides is 1. The van der Waals surface area contributed by atoms with E-state index in [0.717, 1.165) is 5.69 Å². The van der Waals surface area contributed by atoms with Crippen molar-refractivity contribution in [3.05, 3.63) is 46.8 Å². The molecule has 21 heavy (non-hydrogen) atoms. The van der Waals surface area contributed by atoms with Crippen molar-refractivity contribution >= 4 is 31.8 Å². The van der Waals surface area contributed by atoms with Gasteiger partial charge in [0.15, 0.2) is 0 Å². The lowest BCUT2D eigenvalue weighted by Crippen LogP contribution is -2.27. The highest BCUT2D eigenvalue weighted by atomic mass is 79.9. The molecule has 0 saturated carbocycles. The molecule has 2 aromatic heterocycles. The van der Waals surface area contributed by atoms with Crippen LogP contribution in [0.15, 0.2) is 46.0 Å². The standard InChI is InChI=1S/C13H15BrN4O2S/c1-15-13-12(8-10(14)9-17-13)21(19,20)18-7-5-11-4-2-3-6-16-11/h2-4,6,8-9,18H,5,7H2,1H3,(H,15,17). The number of aromatic nitrogens is 2. The molecule has 0 aromatic carbocycles. The summed E-state index contributed by atoms with van der Waals surface area (Å²) in [7, 11) is -2.00. The Bertz CT molecular complexity index is 707. The zero-order valence-corrected chi connectivity index (χ0v) is 13.8. The van der Waals surface area contributed by atoms with E-state index in [2.05, 4.69) is 35.9 Å². The second-order valence-corrected chi connectivity index (χ2v) is 6.87. The van der Waals surface area contributed by atoms with Crippen LogP contribution in [0.1, 0.15) is 5.69 Å². The molecule has 0 unspecified atom stereocenters. The summed E-state index contributed by atoms with van der Waals surface area (Å²) in [6, 6.07) is 7.06. The van der Waals surface area contributed by atoms with Crippen molar-refractivity contribution in [2.24, 2.45) is 0 Å². The van der Waals surface area contributed by atoms with E-state index in [1.807, 2.05) is 18.2 Å². The predicted octanol–water partition coefficient (Wildman–Crippen LogP) is 1.80. The molecular formula is C13H15BrN4O2S. The molecule has 0 aliphatic rings. The van der Waals surface area contributed by atoms with Crippen LogP contribution in [0.5, 0.6) is 0 Å². The van der Waals surface area contributed by atoms with Gasteiger partial charge in [0.05, 0.1) is 0 Å².